The largest absolute Gasteiger partial charge is 0.0533 e. The molecule has 0 aromatic heterocycles. The van der Waals surface area contributed by atoms with Gasteiger partial charge in [0.25, 0.3) is 0 Å². The zero-order valence-electron chi connectivity index (χ0n) is 13.1. The van der Waals surface area contributed by atoms with E-state index in [-0.39, 0.29) is 0 Å². The topological polar surface area (TPSA) is 0 Å². The van der Waals surface area contributed by atoms with Gasteiger partial charge >= 0.3 is 0 Å². The van der Waals surface area contributed by atoms with Crippen LogP contribution in [0.3, 0.4) is 0 Å². The van der Waals surface area contributed by atoms with Gasteiger partial charge in [-0.05, 0) is 37.5 Å². The molecule has 0 atom stereocenters. The predicted octanol–water partition coefficient (Wildman–Crippen LogP) is 6.84. The van der Waals surface area contributed by atoms with Crippen molar-refractivity contribution in [2.24, 2.45) is 5.92 Å². The second-order valence-corrected chi connectivity index (χ2v) is 7.03. The first-order chi connectivity index (χ1) is 9.47. The summed E-state index contributed by atoms with van der Waals surface area (Å²) in [5.41, 5.74) is 0. The van der Waals surface area contributed by atoms with Gasteiger partial charge in [-0.25, -0.2) is 0 Å². The second-order valence-electron chi connectivity index (χ2n) is 7.03. The van der Waals surface area contributed by atoms with Gasteiger partial charge in [-0.15, -0.1) is 0 Å². The van der Waals surface area contributed by atoms with E-state index in [2.05, 4.69) is 0 Å². The van der Waals surface area contributed by atoms with Crippen LogP contribution < -0.4 is 0 Å². The minimum Gasteiger partial charge on any atom is -0.0533 e. The van der Waals surface area contributed by atoms with Crippen molar-refractivity contribution in [3.63, 3.8) is 0 Å². The van der Waals surface area contributed by atoms with Gasteiger partial charge in [0.2, 0.25) is 0 Å². The van der Waals surface area contributed by atoms with E-state index in [9.17, 15) is 0 Å². The Bertz CT molecular complexity index is 188. The first-order valence-electron chi connectivity index (χ1n) is 9.31. The SMILES string of the molecule is C1CCCC[C](C2CCCCCCCC2)CCCC1. The van der Waals surface area contributed by atoms with Crippen molar-refractivity contribution in [3.05, 3.63) is 5.92 Å². The lowest BCUT2D eigenvalue weighted by molar-refractivity contribution is 0.381. The van der Waals surface area contributed by atoms with Crippen molar-refractivity contribution in [2.75, 3.05) is 0 Å². The molecule has 0 aromatic rings. The fourth-order valence-electron chi connectivity index (χ4n) is 4.16. The third kappa shape index (κ3) is 6.32. The lowest BCUT2D eigenvalue weighted by Gasteiger charge is -2.27. The highest BCUT2D eigenvalue weighted by molar-refractivity contribution is 4.96. The summed E-state index contributed by atoms with van der Waals surface area (Å²) < 4.78 is 0. The molecule has 0 N–H and O–H groups in total. The van der Waals surface area contributed by atoms with Gasteiger partial charge in [0.15, 0.2) is 0 Å². The molecule has 2 fully saturated rings. The average molecular weight is 263 g/mol. The van der Waals surface area contributed by atoms with E-state index in [0.717, 1.165) is 5.92 Å². The Kier molecular flexibility index (Phi) is 7.97. The van der Waals surface area contributed by atoms with E-state index in [4.69, 9.17) is 0 Å². The van der Waals surface area contributed by atoms with Gasteiger partial charge in [-0.3, -0.25) is 0 Å². The fourth-order valence-corrected chi connectivity index (χ4v) is 4.16. The van der Waals surface area contributed by atoms with Crippen molar-refractivity contribution in [2.45, 2.75) is 109 Å². The Morgan fingerprint density at radius 3 is 1.26 bits per heavy atom. The van der Waals surface area contributed by atoms with Crippen molar-refractivity contribution in [1.29, 1.82) is 0 Å². The van der Waals surface area contributed by atoms with E-state index in [1.807, 2.05) is 5.92 Å². The van der Waals surface area contributed by atoms with Gasteiger partial charge in [0, 0.05) is 0 Å². The maximum absolute atomic E-state index is 1.99. The van der Waals surface area contributed by atoms with Crippen LogP contribution in [0.4, 0.5) is 0 Å². The van der Waals surface area contributed by atoms with Crippen molar-refractivity contribution in [1.82, 2.24) is 0 Å². The van der Waals surface area contributed by atoms with Gasteiger partial charge in [-0.1, -0.05) is 83.5 Å². The maximum atomic E-state index is 1.99. The Labute approximate surface area is 121 Å². The van der Waals surface area contributed by atoms with E-state index in [1.54, 1.807) is 0 Å². The minimum atomic E-state index is 1.01. The second kappa shape index (κ2) is 9.83. The molecule has 2 aliphatic carbocycles. The minimum absolute atomic E-state index is 1.01. The smallest absolute Gasteiger partial charge is 0.0210 e. The van der Waals surface area contributed by atoms with Crippen LogP contribution in [-0.4, -0.2) is 0 Å². The van der Waals surface area contributed by atoms with Crippen molar-refractivity contribution in [3.8, 4) is 0 Å². The van der Waals surface area contributed by atoms with Crippen LogP contribution in [0.2, 0.25) is 0 Å². The number of rotatable bonds is 1. The fraction of sp³-hybridized carbons (Fsp3) is 0.947. The Balaban J connectivity index is 1.82. The summed E-state index contributed by atoms with van der Waals surface area (Å²) in [7, 11) is 0. The summed E-state index contributed by atoms with van der Waals surface area (Å²) in [6, 6.07) is 0. The molecule has 0 saturated heterocycles. The summed E-state index contributed by atoms with van der Waals surface area (Å²) >= 11 is 0. The quantitative estimate of drug-likeness (QED) is 0.486. The molecule has 0 amide bonds. The molecular formula is C19H35. The molecule has 2 aliphatic rings. The van der Waals surface area contributed by atoms with Gasteiger partial charge in [0.1, 0.15) is 0 Å². The van der Waals surface area contributed by atoms with Crippen molar-refractivity contribution >= 4 is 0 Å². The summed E-state index contributed by atoms with van der Waals surface area (Å²) in [5.74, 6) is 3.00. The lowest BCUT2D eigenvalue weighted by Crippen LogP contribution is -2.14. The van der Waals surface area contributed by atoms with Crippen LogP contribution in [0.15, 0.2) is 0 Å². The van der Waals surface area contributed by atoms with Gasteiger partial charge < -0.3 is 0 Å². The van der Waals surface area contributed by atoms with Crippen LogP contribution in [0, 0.1) is 11.8 Å². The van der Waals surface area contributed by atoms with Crippen LogP contribution in [0.5, 0.6) is 0 Å². The molecule has 111 valence electrons. The molecule has 0 spiro atoms. The normalized spacial score (nSPS) is 27.2. The monoisotopic (exact) mass is 263 g/mol. The highest BCUT2D eigenvalue weighted by Crippen LogP contribution is 2.36. The summed E-state index contributed by atoms with van der Waals surface area (Å²) in [5, 5.41) is 0. The van der Waals surface area contributed by atoms with E-state index in [0.29, 0.717) is 0 Å². The molecule has 0 bridgehead atoms. The van der Waals surface area contributed by atoms with E-state index < -0.39 is 0 Å². The maximum Gasteiger partial charge on any atom is -0.0210 e. The molecule has 0 heterocycles. The summed E-state index contributed by atoms with van der Waals surface area (Å²) in [6.45, 7) is 0. The third-order valence-electron chi connectivity index (χ3n) is 5.43. The molecule has 0 unspecified atom stereocenters. The highest BCUT2D eigenvalue weighted by Gasteiger charge is 2.22. The van der Waals surface area contributed by atoms with E-state index in [1.165, 1.54) is 109 Å². The van der Waals surface area contributed by atoms with Crippen LogP contribution >= 0.6 is 0 Å². The van der Waals surface area contributed by atoms with Crippen LogP contribution in [0.25, 0.3) is 0 Å². The Morgan fingerprint density at radius 2 is 0.789 bits per heavy atom. The molecule has 0 aromatic carbocycles. The lowest BCUT2D eigenvalue weighted by atomic mass is 9.78. The number of hydrogen-bond acceptors (Lipinski definition) is 0. The first-order valence-corrected chi connectivity index (χ1v) is 9.31. The van der Waals surface area contributed by atoms with Crippen LogP contribution in [-0.2, 0) is 0 Å². The molecular weight excluding hydrogens is 228 g/mol. The summed E-state index contributed by atoms with van der Waals surface area (Å²) in [4.78, 5) is 0. The molecule has 0 heteroatoms. The van der Waals surface area contributed by atoms with Gasteiger partial charge in [-0.2, -0.15) is 0 Å². The standard InChI is InChI=1S/C19H35/c1-2-6-10-14-18(15-11-7-3-1)19-16-12-8-4-5-9-13-17-19/h19H,1-17H2. The molecule has 2 saturated carbocycles. The zero-order valence-corrected chi connectivity index (χ0v) is 13.1. The third-order valence-corrected chi connectivity index (χ3v) is 5.43. The molecule has 2 rings (SSSR count). The van der Waals surface area contributed by atoms with Crippen molar-refractivity contribution < 1.29 is 0 Å². The Morgan fingerprint density at radius 1 is 0.421 bits per heavy atom. The molecule has 19 heavy (non-hydrogen) atoms. The molecule has 0 nitrogen and oxygen atoms in total. The Hall–Kier alpha value is 0. The van der Waals surface area contributed by atoms with Crippen LogP contribution in [0.1, 0.15) is 109 Å². The molecule has 1 radical (unpaired) electrons. The average Bonchev–Trinajstić information content (AvgIpc) is 2.58. The zero-order chi connectivity index (χ0) is 13.2. The van der Waals surface area contributed by atoms with E-state index >= 15 is 0 Å². The molecule has 0 aliphatic heterocycles. The van der Waals surface area contributed by atoms with Gasteiger partial charge in [0.05, 0.1) is 0 Å². The summed E-state index contributed by atoms with van der Waals surface area (Å²) in [6.07, 6.45) is 25.5. The predicted molar refractivity (Wildman–Crippen MR) is 85.2 cm³/mol. The first kappa shape index (κ1) is 15.4. The highest BCUT2D eigenvalue weighted by atomic mass is 14.3. The number of hydrogen-bond donors (Lipinski definition) is 0.